The Morgan fingerprint density at radius 1 is 1.14 bits per heavy atom. The topological polar surface area (TPSA) is 98.4 Å². The molecule has 4 rings (SSSR count). The van der Waals surface area contributed by atoms with Crippen LogP contribution in [0.3, 0.4) is 0 Å². The van der Waals surface area contributed by atoms with Crippen molar-refractivity contribution in [3.63, 3.8) is 0 Å². The molecule has 0 aliphatic carbocycles. The first-order valence-corrected chi connectivity index (χ1v) is 13.0. The van der Waals surface area contributed by atoms with E-state index in [1.807, 2.05) is 39.0 Å². The average molecular weight is 501 g/mol. The van der Waals surface area contributed by atoms with Crippen molar-refractivity contribution < 1.29 is 19.1 Å². The number of hydrazine groups is 2. The van der Waals surface area contributed by atoms with Crippen molar-refractivity contribution in [3.05, 3.63) is 47.2 Å². The Bertz CT molecular complexity index is 934. The van der Waals surface area contributed by atoms with Crippen LogP contribution in [0, 0.1) is 0 Å². The van der Waals surface area contributed by atoms with E-state index in [-0.39, 0.29) is 24.1 Å². The molecule has 0 spiro atoms. The molecule has 3 heterocycles. The van der Waals surface area contributed by atoms with Crippen molar-refractivity contribution in [2.45, 2.75) is 64.4 Å². The number of carbonyl (C=O) groups is 2. The van der Waals surface area contributed by atoms with Gasteiger partial charge in [0, 0.05) is 55.5 Å². The normalized spacial score (nSPS) is 23.8. The van der Waals surface area contributed by atoms with Gasteiger partial charge in [-0.15, -0.1) is 5.12 Å². The number of amides is 2. The lowest BCUT2D eigenvalue weighted by Gasteiger charge is -2.36. The molecule has 3 atom stereocenters. The van der Waals surface area contributed by atoms with Gasteiger partial charge in [-0.25, -0.2) is 10.2 Å². The van der Waals surface area contributed by atoms with Gasteiger partial charge in [-0.2, -0.15) is 5.01 Å². The summed E-state index contributed by atoms with van der Waals surface area (Å²) in [7, 11) is 1.64. The van der Waals surface area contributed by atoms with Gasteiger partial charge in [-0.1, -0.05) is 18.2 Å². The van der Waals surface area contributed by atoms with E-state index in [2.05, 4.69) is 21.0 Å². The van der Waals surface area contributed by atoms with Crippen LogP contribution in [0.1, 0.15) is 50.4 Å². The lowest BCUT2D eigenvalue weighted by molar-refractivity contribution is -0.0668. The third-order valence-corrected chi connectivity index (χ3v) is 6.69. The van der Waals surface area contributed by atoms with E-state index in [0.717, 1.165) is 37.4 Å². The monoisotopic (exact) mass is 500 g/mol. The minimum Gasteiger partial charge on any atom is -0.445 e. The molecule has 3 aliphatic rings. The van der Waals surface area contributed by atoms with E-state index in [1.165, 1.54) is 12.8 Å². The van der Waals surface area contributed by atoms with Gasteiger partial charge in [-0.3, -0.25) is 4.79 Å². The summed E-state index contributed by atoms with van der Waals surface area (Å²) in [6, 6.07) is 9.02. The Kier molecular flexibility index (Phi) is 8.97. The summed E-state index contributed by atoms with van der Waals surface area (Å²) in [4.78, 5) is 29.2. The predicted molar refractivity (Wildman–Crippen MR) is 137 cm³/mol. The molecule has 198 valence electrons. The summed E-state index contributed by atoms with van der Waals surface area (Å²) in [5.74, 6) is -0.205. The Labute approximate surface area is 213 Å². The second-order valence-corrected chi connectivity index (χ2v) is 9.98. The zero-order valence-electron chi connectivity index (χ0n) is 21.8. The molecule has 2 amide bonds. The molecule has 0 radical (unpaired) electrons. The molecule has 1 saturated heterocycles. The quantitative estimate of drug-likeness (QED) is 0.474. The summed E-state index contributed by atoms with van der Waals surface area (Å²) in [5, 5.41) is 10.2. The number of methoxy groups -OCH3 is 1. The highest BCUT2D eigenvalue weighted by Gasteiger charge is 2.48. The number of nitrogens with zero attached hydrogens (tertiary/aromatic N) is 3. The molecule has 1 fully saturated rings. The molecular formula is C26H40N6O4. The van der Waals surface area contributed by atoms with Gasteiger partial charge < -0.3 is 25.0 Å². The van der Waals surface area contributed by atoms with E-state index >= 15 is 0 Å². The molecule has 1 aromatic rings. The SMILES string of the molecule is COCC(C)NN1C(NC(=O)c2ccccc2)C2=C(CCNC2CN2CCCC2)N1C(=O)OC(C)C. The number of ether oxygens (including phenoxy) is 2. The van der Waals surface area contributed by atoms with Crippen LogP contribution < -0.4 is 16.1 Å². The maximum absolute atomic E-state index is 13.4. The average Bonchev–Trinajstić information content (AvgIpc) is 3.46. The van der Waals surface area contributed by atoms with Crippen LogP contribution in [0.5, 0.6) is 0 Å². The van der Waals surface area contributed by atoms with Crippen LogP contribution in [0.2, 0.25) is 0 Å². The zero-order chi connectivity index (χ0) is 25.7. The number of carbonyl (C=O) groups excluding carboxylic acids is 2. The van der Waals surface area contributed by atoms with Crippen molar-refractivity contribution in [1.29, 1.82) is 0 Å². The molecule has 0 saturated carbocycles. The van der Waals surface area contributed by atoms with E-state index in [4.69, 9.17) is 9.47 Å². The van der Waals surface area contributed by atoms with E-state index in [9.17, 15) is 9.59 Å². The molecule has 10 nitrogen and oxygen atoms in total. The zero-order valence-corrected chi connectivity index (χ0v) is 21.8. The smallest absolute Gasteiger partial charge is 0.430 e. The maximum Gasteiger partial charge on any atom is 0.430 e. The van der Waals surface area contributed by atoms with E-state index < -0.39 is 12.3 Å². The second-order valence-electron chi connectivity index (χ2n) is 9.98. The van der Waals surface area contributed by atoms with Crippen molar-refractivity contribution in [2.75, 3.05) is 39.9 Å². The second kappa shape index (κ2) is 12.2. The van der Waals surface area contributed by atoms with Crippen LogP contribution in [-0.2, 0) is 9.47 Å². The predicted octanol–water partition coefficient (Wildman–Crippen LogP) is 2.07. The van der Waals surface area contributed by atoms with Gasteiger partial charge in [0.25, 0.3) is 5.91 Å². The molecule has 10 heteroatoms. The minimum atomic E-state index is -0.577. The largest absolute Gasteiger partial charge is 0.445 e. The fourth-order valence-corrected chi connectivity index (χ4v) is 5.19. The van der Waals surface area contributed by atoms with E-state index in [0.29, 0.717) is 18.6 Å². The van der Waals surface area contributed by atoms with Gasteiger partial charge in [0.1, 0.15) is 6.17 Å². The Morgan fingerprint density at radius 3 is 2.53 bits per heavy atom. The molecule has 3 N–H and O–H groups in total. The van der Waals surface area contributed by atoms with Crippen LogP contribution in [-0.4, -0.2) is 91.3 Å². The highest BCUT2D eigenvalue weighted by atomic mass is 16.6. The van der Waals surface area contributed by atoms with Crippen LogP contribution in [0.4, 0.5) is 4.79 Å². The standard InChI is InChI=1S/C26H40N6O4/c1-18(2)36-26(34)31-22-12-13-27-21(16-30-14-8-9-15-30)23(22)24(32(31)29-19(3)17-35-4)28-25(33)20-10-6-5-7-11-20/h5-7,10-11,18-19,21,24,27,29H,8-9,12-17H2,1-4H3,(H,28,33). The van der Waals surface area contributed by atoms with Crippen molar-refractivity contribution in [3.8, 4) is 0 Å². The summed E-state index contributed by atoms with van der Waals surface area (Å²) in [6.45, 7) is 9.77. The fraction of sp³-hybridized carbons (Fsp3) is 0.615. The maximum atomic E-state index is 13.4. The lowest BCUT2D eigenvalue weighted by Crippen LogP contribution is -2.62. The van der Waals surface area contributed by atoms with Gasteiger partial charge in [0.05, 0.1) is 12.7 Å². The lowest BCUT2D eigenvalue weighted by atomic mass is 9.96. The Morgan fingerprint density at radius 2 is 1.86 bits per heavy atom. The number of rotatable bonds is 9. The van der Waals surface area contributed by atoms with Gasteiger partial charge in [0.2, 0.25) is 0 Å². The summed E-state index contributed by atoms with van der Waals surface area (Å²) < 4.78 is 11.0. The molecule has 3 aliphatic heterocycles. The minimum absolute atomic E-state index is 0.00759. The van der Waals surface area contributed by atoms with Gasteiger partial charge in [0.15, 0.2) is 0 Å². The van der Waals surface area contributed by atoms with Crippen molar-refractivity contribution in [2.24, 2.45) is 0 Å². The molecule has 3 unspecified atom stereocenters. The molecule has 0 aromatic heterocycles. The van der Waals surface area contributed by atoms with Crippen LogP contribution in [0.25, 0.3) is 0 Å². The van der Waals surface area contributed by atoms with Gasteiger partial charge in [-0.05, 0) is 58.8 Å². The number of nitrogens with one attached hydrogen (secondary N) is 3. The summed E-state index contributed by atoms with van der Waals surface area (Å²) >= 11 is 0. The first-order valence-electron chi connectivity index (χ1n) is 13.0. The molecule has 36 heavy (non-hydrogen) atoms. The Hall–Kier alpha value is -2.50. The summed E-state index contributed by atoms with van der Waals surface area (Å²) in [5.41, 5.74) is 5.83. The van der Waals surface area contributed by atoms with E-state index in [1.54, 1.807) is 29.4 Å². The Balaban J connectivity index is 1.71. The van der Waals surface area contributed by atoms with Crippen molar-refractivity contribution >= 4 is 12.0 Å². The molecule has 1 aromatic carbocycles. The third kappa shape index (κ3) is 6.07. The van der Waals surface area contributed by atoms with Crippen LogP contribution in [0.15, 0.2) is 41.6 Å². The van der Waals surface area contributed by atoms with Crippen molar-refractivity contribution in [1.82, 2.24) is 31.1 Å². The molecule has 0 bridgehead atoms. The van der Waals surface area contributed by atoms with Gasteiger partial charge >= 0.3 is 6.09 Å². The summed E-state index contributed by atoms with van der Waals surface area (Å²) in [6.07, 6.45) is 1.72. The number of hydrogen-bond donors (Lipinski definition) is 3. The molecular weight excluding hydrogens is 460 g/mol. The number of hydrogen-bond acceptors (Lipinski definition) is 8. The third-order valence-electron chi connectivity index (χ3n) is 6.69. The number of benzene rings is 1. The number of likely N-dealkylation sites (tertiary alicyclic amines) is 1. The first-order chi connectivity index (χ1) is 17.4. The highest BCUT2D eigenvalue weighted by Crippen LogP contribution is 2.35. The highest BCUT2D eigenvalue weighted by molar-refractivity contribution is 5.94. The fourth-order valence-electron chi connectivity index (χ4n) is 5.19. The van der Waals surface area contributed by atoms with Crippen LogP contribution >= 0.6 is 0 Å². The first kappa shape index (κ1) is 26.6.